The van der Waals surface area contributed by atoms with Crippen LogP contribution in [0.5, 0.6) is 0 Å². The second-order valence-electron chi connectivity index (χ2n) is 10.9. The maximum absolute atomic E-state index is 2.37. The Labute approximate surface area is 246 Å². The number of rotatable bonds is 4. The molecule has 0 unspecified atom stereocenters. The fraction of sp³-hybridized carbons (Fsp3) is 0. The lowest BCUT2D eigenvalue weighted by atomic mass is 9.85. The number of fused-ring (bicyclic) bond motifs is 3. The van der Waals surface area contributed by atoms with E-state index < -0.39 is 0 Å². The lowest BCUT2D eigenvalue weighted by Gasteiger charge is -2.18. The van der Waals surface area contributed by atoms with Crippen LogP contribution < -0.4 is 0 Å². The van der Waals surface area contributed by atoms with Crippen molar-refractivity contribution in [3.8, 4) is 44.5 Å². The molecule has 0 atom stereocenters. The predicted octanol–water partition coefficient (Wildman–Crippen LogP) is 11.8. The van der Waals surface area contributed by atoms with E-state index in [-0.39, 0.29) is 0 Å². The van der Waals surface area contributed by atoms with Gasteiger partial charge in [0.15, 0.2) is 0 Å². The molecule has 42 heavy (non-hydrogen) atoms. The number of hydrogen-bond acceptors (Lipinski definition) is 0. The van der Waals surface area contributed by atoms with Gasteiger partial charge in [-0.3, -0.25) is 0 Å². The Hall–Kier alpha value is -5.46. The Kier molecular flexibility index (Phi) is 5.90. The third-order valence-electron chi connectivity index (χ3n) is 8.45. The van der Waals surface area contributed by atoms with Gasteiger partial charge in [-0.1, -0.05) is 158 Å². The molecule has 0 amide bonds. The molecule has 0 saturated heterocycles. The predicted molar refractivity (Wildman–Crippen MR) is 181 cm³/mol. The molecular formula is C42H28. The summed E-state index contributed by atoms with van der Waals surface area (Å²) in [5.74, 6) is 0. The molecule has 0 aliphatic heterocycles. The second-order valence-corrected chi connectivity index (χ2v) is 10.9. The van der Waals surface area contributed by atoms with E-state index in [1.54, 1.807) is 0 Å². The lowest BCUT2D eigenvalue weighted by molar-refractivity contribution is 1.60. The van der Waals surface area contributed by atoms with E-state index in [0.717, 1.165) is 0 Å². The van der Waals surface area contributed by atoms with Gasteiger partial charge in [0.1, 0.15) is 0 Å². The van der Waals surface area contributed by atoms with Gasteiger partial charge in [0, 0.05) is 0 Å². The van der Waals surface area contributed by atoms with E-state index in [0.29, 0.717) is 0 Å². The minimum absolute atomic E-state index is 1.23. The summed E-state index contributed by atoms with van der Waals surface area (Å²) in [4.78, 5) is 0. The first-order valence-corrected chi connectivity index (χ1v) is 14.5. The van der Waals surface area contributed by atoms with Crippen molar-refractivity contribution < 1.29 is 0 Å². The highest BCUT2D eigenvalue weighted by molar-refractivity contribution is 6.21. The first-order valence-electron chi connectivity index (χ1n) is 14.5. The van der Waals surface area contributed by atoms with Crippen LogP contribution in [-0.2, 0) is 0 Å². The van der Waals surface area contributed by atoms with Crippen LogP contribution in [0.3, 0.4) is 0 Å². The molecule has 0 spiro atoms. The topological polar surface area (TPSA) is 0 Å². The molecule has 0 nitrogen and oxygen atoms in total. The summed E-state index contributed by atoms with van der Waals surface area (Å²) >= 11 is 0. The van der Waals surface area contributed by atoms with Gasteiger partial charge >= 0.3 is 0 Å². The summed E-state index contributed by atoms with van der Waals surface area (Å²) in [6.45, 7) is 0. The monoisotopic (exact) mass is 532 g/mol. The van der Waals surface area contributed by atoms with Crippen molar-refractivity contribution >= 4 is 32.3 Å². The molecule has 0 aromatic heterocycles. The van der Waals surface area contributed by atoms with E-state index in [4.69, 9.17) is 0 Å². The molecule has 8 rings (SSSR count). The van der Waals surface area contributed by atoms with Crippen molar-refractivity contribution in [1.29, 1.82) is 0 Å². The van der Waals surface area contributed by atoms with Crippen LogP contribution in [0, 0.1) is 0 Å². The minimum Gasteiger partial charge on any atom is -0.0622 e. The first-order chi connectivity index (χ1) is 20.8. The Morgan fingerprint density at radius 2 is 0.571 bits per heavy atom. The molecule has 0 heteroatoms. The van der Waals surface area contributed by atoms with Crippen molar-refractivity contribution in [1.82, 2.24) is 0 Å². The highest BCUT2D eigenvalue weighted by Gasteiger charge is 2.16. The van der Waals surface area contributed by atoms with Gasteiger partial charge in [-0.25, -0.2) is 0 Å². The minimum atomic E-state index is 1.23. The van der Waals surface area contributed by atoms with Crippen LogP contribution in [0.1, 0.15) is 0 Å². The summed E-state index contributed by atoms with van der Waals surface area (Å²) in [6, 6.07) is 61.7. The standard InChI is InChI=1S/C42H28/c1-3-11-29(12-4-1)30-19-21-31(22-20-30)34-25-23-32-24-26-35(28-36(32)27-34)42-39-17-9-7-15-37(39)41(33-13-5-2-6-14-33)38-16-8-10-18-40(38)42/h1-28H. The largest absolute Gasteiger partial charge is 0.0622 e. The van der Waals surface area contributed by atoms with Gasteiger partial charge in [0.05, 0.1) is 0 Å². The Balaban J connectivity index is 1.29. The molecule has 196 valence electrons. The van der Waals surface area contributed by atoms with Gasteiger partial charge < -0.3 is 0 Å². The van der Waals surface area contributed by atoms with Gasteiger partial charge in [-0.2, -0.15) is 0 Å². The van der Waals surface area contributed by atoms with Crippen molar-refractivity contribution in [3.05, 3.63) is 170 Å². The van der Waals surface area contributed by atoms with Crippen LogP contribution in [0.2, 0.25) is 0 Å². The van der Waals surface area contributed by atoms with Crippen LogP contribution in [0.25, 0.3) is 76.8 Å². The molecule has 0 radical (unpaired) electrons. The third kappa shape index (κ3) is 4.17. The zero-order valence-corrected chi connectivity index (χ0v) is 23.2. The second kappa shape index (κ2) is 10.2. The average molecular weight is 533 g/mol. The molecular weight excluding hydrogens is 504 g/mol. The van der Waals surface area contributed by atoms with Crippen LogP contribution in [-0.4, -0.2) is 0 Å². The fourth-order valence-electron chi connectivity index (χ4n) is 6.42. The van der Waals surface area contributed by atoms with E-state index in [1.807, 2.05) is 0 Å². The molecule has 0 heterocycles. The highest BCUT2D eigenvalue weighted by Crippen LogP contribution is 2.44. The maximum Gasteiger partial charge on any atom is -0.00262 e. The summed E-state index contributed by atoms with van der Waals surface area (Å²) < 4.78 is 0. The van der Waals surface area contributed by atoms with Crippen LogP contribution >= 0.6 is 0 Å². The smallest absolute Gasteiger partial charge is 0.00262 e. The zero-order valence-electron chi connectivity index (χ0n) is 23.2. The van der Waals surface area contributed by atoms with Crippen LogP contribution in [0.4, 0.5) is 0 Å². The molecule has 0 aliphatic rings. The Morgan fingerprint density at radius 1 is 0.214 bits per heavy atom. The molecule has 8 aromatic rings. The van der Waals surface area contributed by atoms with Crippen LogP contribution in [0.15, 0.2) is 170 Å². The summed E-state index contributed by atoms with van der Waals surface area (Å²) in [6.07, 6.45) is 0. The van der Waals surface area contributed by atoms with E-state index >= 15 is 0 Å². The van der Waals surface area contributed by atoms with Crippen molar-refractivity contribution in [2.45, 2.75) is 0 Å². The fourth-order valence-corrected chi connectivity index (χ4v) is 6.42. The maximum atomic E-state index is 2.37. The molecule has 0 bridgehead atoms. The summed E-state index contributed by atoms with van der Waals surface area (Å²) in [7, 11) is 0. The Morgan fingerprint density at radius 3 is 1.12 bits per heavy atom. The normalized spacial score (nSPS) is 11.3. The molecule has 0 aliphatic carbocycles. The van der Waals surface area contributed by atoms with Gasteiger partial charge in [-0.05, 0) is 89.0 Å². The van der Waals surface area contributed by atoms with Crippen molar-refractivity contribution in [2.75, 3.05) is 0 Å². The third-order valence-corrected chi connectivity index (χ3v) is 8.45. The summed E-state index contributed by atoms with van der Waals surface area (Å²) in [5.41, 5.74) is 10.0. The molecule has 0 saturated carbocycles. The van der Waals surface area contributed by atoms with E-state index in [2.05, 4.69) is 170 Å². The quantitative estimate of drug-likeness (QED) is 0.198. The lowest BCUT2D eigenvalue weighted by Crippen LogP contribution is -1.90. The summed E-state index contributed by atoms with van der Waals surface area (Å²) in [5, 5.41) is 7.62. The number of benzene rings is 8. The van der Waals surface area contributed by atoms with E-state index in [1.165, 1.54) is 76.8 Å². The van der Waals surface area contributed by atoms with Crippen molar-refractivity contribution in [3.63, 3.8) is 0 Å². The molecule has 0 fully saturated rings. The molecule has 8 aromatic carbocycles. The number of hydrogen-bond donors (Lipinski definition) is 0. The average Bonchev–Trinajstić information content (AvgIpc) is 3.07. The Bertz CT molecular complexity index is 2150. The van der Waals surface area contributed by atoms with Gasteiger partial charge in [0.25, 0.3) is 0 Å². The first kappa shape index (κ1) is 24.3. The highest BCUT2D eigenvalue weighted by atomic mass is 14.2. The van der Waals surface area contributed by atoms with Gasteiger partial charge in [0.2, 0.25) is 0 Å². The van der Waals surface area contributed by atoms with Gasteiger partial charge in [-0.15, -0.1) is 0 Å². The zero-order chi connectivity index (χ0) is 27.9. The van der Waals surface area contributed by atoms with E-state index in [9.17, 15) is 0 Å². The molecule has 0 N–H and O–H groups in total. The van der Waals surface area contributed by atoms with Crippen molar-refractivity contribution in [2.24, 2.45) is 0 Å². The SMILES string of the molecule is c1ccc(-c2ccc(-c3ccc4ccc(-c5c6ccccc6c(-c6ccccc6)c6ccccc56)cc4c3)cc2)cc1.